The topological polar surface area (TPSA) is 60.2 Å². The van der Waals surface area contributed by atoms with E-state index in [0.717, 1.165) is 5.56 Å². The van der Waals surface area contributed by atoms with Gasteiger partial charge in [-0.25, -0.2) is 4.39 Å². The zero-order chi connectivity index (χ0) is 17.1. The molecular formula is C17H17FN4O2. The summed E-state index contributed by atoms with van der Waals surface area (Å²) in [5, 5.41) is 8.52. The molecular weight excluding hydrogens is 311 g/mol. The summed E-state index contributed by atoms with van der Waals surface area (Å²) in [6, 6.07) is 11.9. The van der Waals surface area contributed by atoms with Gasteiger partial charge >= 0.3 is 0 Å². The second-order valence-electron chi connectivity index (χ2n) is 5.54. The molecule has 0 unspecified atom stereocenters. The lowest BCUT2D eigenvalue weighted by atomic mass is 10.2. The van der Waals surface area contributed by atoms with Crippen LogP contribution in [0.5, 0.6) is 5.75 Å². The van der Waals surface area contributed by atoms with Crippen LogP contribution in [-0.4, -0.2) is 34.1 Å². The van der Waals surface area contributed by atoms with E-state index >= 15 is 0 Å². The summed E-state index contributed by atoms with van der Waals surface area (Å²) in [7, 11) is 3.25. The van der Waals surface area contributed by atoms with Crippen molar-refractivity contribution in [2.45, 2.75) is 13.2 Å². The molecule has 0 saturated heterocycles. The van der Waals surface area contributed by atoms with Crippen LogP contribution in [0.25, 0.3) is 10.9 Å². The third-order valence-electron chi connectivity index (χ3n) is 3.67. The van der Waals surface area contributed by atoms with E-state index in [1.165, 1.54) is 17.9 Å². The minimum atomic E-state index is -0.411. The molecule has 0 aliphatic heterocycles. The number of fused-ring (bicyclic) bond motifs is 1. The molecule has 0 amide bonds. The summed E-state index contributed by atoms with van der Waals surface area (Å²) in [5.41, 5.74) is 1.14. The largest absolute Gasteiger partial charge is 0.494 e. The van der Waals surface area contributed by atoms with Gasteiger partial charge < -0.3 is 4.74 Å². The number of benzene rings is 2. The lowest BCUT2D eigenvalue weighted by Gasteiger charge is -2.17. The van der Waals surface area contributed by atoms with Crippen LogP contribution < -0.4 is 10.3 Å². The molecule has 3 rings (SSSR count). The Bertz CT molecular complexity index is 926. The number of rotatable bonds is 5. The van der Waals surface area contributed by atoms with Crippen molar-refractivity contribution in [1.29, 1.82) is 0 Å². The predicted molar refractivity (Wildman–Crippen MR) is 88.2 cm³/mol. The highest BCUT2D eigenvalue weighted by Gasteiger charge is 2.09. The molecule has 24 heavy (non-hydrogen) atoms. The molecule has 7 heteroatoms. The third-order valence-corrected chi connectivity index (χ3v) is 3.67. The van der Waals surface area contributed by atoms with Crippen molar-refractivity contribution in [3.05, 3.63) is 64.2 Å². The van der Waals surface area contributed by atoms with Gasteiger partial charge in [0.1, 0.15) is 5.52 Å². The number of hydrogen-bond donors (Lipinski definition) is 0. The van der Waals surface area contributed by atoms with Crippen LogP contribution in [-0.2, 0) is 13.2 Å². The van der Waals surface area contributed by atoms with Crippen molar-refractivity contribution < 1.29 is 9.13 Å². The van der Waals surface area contributed by atoms with Crippen LogP contribution in [0.3, 0.4) is 0 Å². The third kappa shape index (κ3) is 3.26. The molecule has 124 valence electrons. The van der Waals surface area contributed by atoms with Crippen LogP contribution in [0.2, 0.25) is 0 Å². The Balaban J connectivity index is 1.77. The second-order valence-corrected chi connectivity index (χ2v) is 5.54. The van der Waals surface area contributed by atoms with Gasteiger partial charge in [0.2, 0.25) is 0 Å². The molecule has 0 atom stereocenters. The fraction of sp³-hybridized carbons (Fsp3) is 0.235. The molecule has 0 radical (unpaired) electrons. The van der Waals surface area contributed by atoms with Crippen molar-refractivity contribution in [2.24, 2.45) is 0 Å². The van der Waals surface area contributed by atoms with Gasteiger partial charge in [0.15, 0.2) is 11.6 Å². The first-order chi connectivity index (χ1) is 11.6. The normalized spacial score (nSPS) is 11.2. The second kappa shape index (κ2) is 6.76. The summed E-state index contributed by atoms with van der Waals surface area (Å²) in [6.45, 7) is 0.714. The highest BCUT2D eigenvalue weighted by atomic mass is 19.1. The van der Waals surface area contributed by atoms with Gasteiger partial charge in [-0.05, 0) is 36.9 Å². The molecule has 1 aromatic heterocycles. The molecule has 0 fully saturated rings. The van der Waals surface area contributed by atoms with Crippen molar-refractivity contribution >= 4 is 10.9 Å². The van der Waals surface area contributed by atoms with E-state index in [-0.39, 0.29) is 18.0 Å². The number of methoxy groups -OCH3 is 1. The number of halogens is 1. The van der Waals surface area contributed by atoms with E-state index in [9.17, 15) is 9.18 Å². The number of ether oxygens (including phenoxy) is 1. The molecule has 1 heterocycles. The zero-order valence-electron chi connectivity index (χ0n) is 13.4. The number of aromatic nitrogens is 3. The number of hydrogen-bond acceptors (Lipinski definition) is 5. The average molecular weight is 328 g/mol. The van der Waals surface area contributed by atoms with Gasteiger partial charge in [0, 0.05) is 6.54 Å². The van der Waals surface area contributed by atoms with Gasteiger partial charge in [-0.15, -0.1) is 5.10 Å². The lowest BCUT2D eigenvalue weighted by Crippen LogP contribution is -2.32. The average Bonchev–Trinajstić information content (AvgIpc) is 2.58. The van der Waals surface area contributed by atoms with Crippen LogP contribution in [0.1, 0.15) is 5.56 Å². The monoisotopic (exact) mass is 328 g/mol. The van der Waals surface area contributed by atoms with Crippen molar-refractivity contribution in [3.63, 3.8) is 0 Å². The maximum Gasteiger partial charge on any atom is 0.278 e. The van der Waals surface area contributed by atoms with Gasteiger partial charge in [-0.1, -0.05) is 23.4 Å². The van der Waals surface area contributed by atoms with Crippen LogP contribution in [0.15, 0.2) is 47.3 Å². The highest BCUT2D eigenvalue weighted by Crippen LogP contribution is 2.18. The Hall–Kier alpha value is -2.80. The van der Waals surface area contributed by atoms with E-state index < -0.39 is 5.82 Å². The summed E-state index contributed by atoms with van der Waals surface area (Å²) >= 11 is 0. The van der Waals surface area contributed by atoms with Crippen LogP contribution >= 0.6 is 0 Å². The van der Waals surface area contributed by atoms with Crippen LogP contribution in [0, 0.1) is 5.82 Å². The summed E-state index contributed by atoms with van der Waals surface area (Å²) < 4.78 is 19.9. The quantitative estimate of drug-likeness (QED) is 0.717. The number of nitrogens with zero attached hydrogens (tertiary/aromatic N) is 4. The lowest BCUT2D eigenvalue weighted by molar-refractivity contribution is 0.236. The van der Waals surface area contributed by atoms with Crippen molar-refractivity contribution in [3.8, 4) is 5.75 Å². The van der Waals surface area contributed by atoms with Crippen molar-refractivity contribution in [2.75, 3.05) is 14.2 Å². The summed E-state index contributed by atoms with van der Waals surface area (Å²) in [5.74, 6) is -0.205. The standard InChI is InChI=1S/C17H17FN4O2/c1-21(10-12-7-8-16(24-2)14(18)9-12)11-22-17(23)13-5-3-4-6-15(13)19-20-22/h3-9H,10-11H2,1-2H3. The zero-order valence-corrected chi connectivity index (χ0v) is 13.4. The van der Waals surface area contributed by atoms with E-state index in [4.69, 9.17) is 4.74 Å². The molecule has 0 bridgehead atoms. The molecule has 6 nitrogen and oxygen atoms in total. The molecule has 0 N–H and O–H groups in total. The van der Waals surface area contributed by atoms with Crippen molar-refractivity contribution in [1.82, 2.24) is 19.9 Å². The summed E-state index contributed by atoms with van der Waals surface area (Å²) in [6.07, 6.45) is 0. The summed E-state index contributed by atoms with van der Waals surface area (Å²) in [4.78, 5) is 14.3. The van der Waals surface area contributed by atoms with E-state index in [0.29, 0.717) is 17.4 Å². The Morgan fingerprint density at radius 3 is 2.79 bits per heavy atom. The minimum absolute atomic E-state index is 0.201. The molecule has 3 aromatic rings. The maximum atomic E-state index is 13.7. The minimum Gasteiger partial charge on any atom is -0.494 e. The van der Waals surface area contributed by atoms with E-state index in [1.807, 2.05) is 18.0 Å². The molecule has 0 spiro atoms. The predicted octanol–water partition coefficient (Wildman–Crippen LogP) is 2.03. The molecule has 2 aromatic carbocycles. The first-order valence-electron chi connectivity index (χ1n) is 7.42. The SMILES string of the molecule is COc1ccc(CN(C)Cn2nnc3ccccc3c2=O)cc1F. The Kier molecular flexibility index (Phi) is 4.52. The van der Waals surface area contributed by atoms with Gasteiger partial charge in [-0.3, -0.25) is 9.69 Å². The Morgan fingerprint density at radius 2 is 2.04 bits per heavy atom. The molecule has 0 saturated carbocycles. The molecule has 0 aliphatic rings. The molecule has 0 aliphatic carbocycles. The Labute approximate surface area is 138 Å². The fourth-order valence-electron chi connectivity index (χ4n) is 2.51. The van der Waals surface area contributed by atoms with Gasteiger partial charge in [0.05, 0.1) is 19.2 Å². The first kappa shape index (κ1) is 16.1. The Morgan fingerprint density at radius 1 is 1.25 bits per heavy atom. The smallest absolute Gasteiger partial charge is 0.278 e. The van der Waals surface area contributed by atoms with E-state index in [2.05, 4.69) is 10.3 Å². The van der Waals surface area contributed by atoms with Crippen LogP contribution in [0.4, 0.5) is 4.39 Å². The highest BCUT2D eigenvalue weighted by molar-refractivity contribution is 5.76. The fourth-order valence-corrected chi connectivity index (χ4v) is 2.51. The van der Waals surface area contributed by atoms with E-state index in [1.54, 1.807) is 30.3 Å². The van der Waals surface area contributed by atoms with Gasteiger partial charge in [0.25, 0.3) is 5.56 Å². The van der Waals surface area contributed by atoms with Gasteiger partial charge in [-0.2, -0.15) is 4.68 Å². The maximum absolute atomic E-state index is 13.7. The first-order valence-corrected chi connectivity index (χ1v) is 7.42.